The zero-order chi connectivity index (χ0) is 26.8. The zero-order valence-corrected chi connectivity index (χ0v) is 20.9. The molecule has 8 nitrogen and oxygen atoms in total. The number of rotatable bonds is 3. The van der Waals surface area contributed by atoms with E-state index in [1.165, 1.54) is 0 Å². The molecule has 0 bridgehead atoms. The van der Waals surface area contributed by atoms with Gasteiger partial charge in [0.15, 0.2) is 0 Å². The van der Waals surface area contributed by atoms with Crippen LogP contribution in [0.15, 0.2) is 12.1 Å². The lowest BCUT2D eigenvalue weighted by atomic mass is 9.67. The van der Waals surface area contributed by atoms with Crippen molar-refractivity contribution >= 4 is 17.9 Å². The lowest BCUT2D eigenvalue weighted by molar-refractivity contribution is -0.141. The number of aromatic nitrogens is 1. The molecule has 1 aliphatic heterocycles. The fourth-order valence-electron chi connectivity index (χ4n) is 4.24. The van der Waals surface area contributed by atoms with Gasteiger partial charge in [-0.05, 0) is 65.5 Å². The minimum absolute atomic E-state index is 0.00361. The molecule has 1 aliphatic carbocycles. The van der Waals surface area contributed by atoms with Gasteiger partial charge in [-0.25, -0.2) is 9.78 Å². The van der Waals surface area contributed by atoms with Gasteiger partial charge in [0.05, 0.1) is 11.3 Å². The fraction of sp³-hybridized carbons (Fsp3) is 0.667. The third-order valence-electron chi connectivity index (χ3n) is 6.39. The number of piperidine rings is 1. The highest BCUT2D eigenvalue weighted by Crippen LogP contribution is 2.44. The quantitative estimate of drug-likeness (QED) is 0.644. The molecule has 1 saturated carbocycles. The average molecular weight is 501 g/mol. The van der Waals surface area contributed by atoms with Crippen LogP contribution in [0.4, 0.5) is 18.0 Å². The van der Waals surface area contributed by atoms with Gasteiger partial charge >= 0.3 is 12.3 Å². The SMILES string of the molecule is CC1(c2nc(C(F)(F)F)ccc2C(N)=O)CCC1.CC1CC(C(N)=O)CCN1C(=O)OC(C)(C)C. The Bertz CT molecular complexity index is 955. The molecule has 11 heteroatoms. The Morgan fingerprint density at radius 2 is 1.74 bits per heavy atom. The summed E-state index contributed by atoms with van der Waals surface area (Å²) in [5.41, 5.74) is 8.80. The number of hydrogen-bond donors (Lipinski definition) is 2. The van der Waals surface area contributed by atoms with E-state index in [1.807, 2.05) is 34.6 Å². The number of amides is 3. The van der Waals surface area contributed by atoms with Gasteiger partial charge in [-0.1, -0.05) is 13.3 Å². The van der Waals surface area contributed by atoms with Crippen LogP contribution >= 0.6 is 0 Å². The van der Waals surface area contributed by atoms with E-state index < -0.39 is 28.8 Å². The van der Waals surface area contributed by atoms with Crippen LogP contribution < -0.4 is 11.5 Å². The van der Waals surface area contributed by atoms with Crippen LogP contribution in [0.3, 0.4) is 0 Å². The first-order valence-electron chi connectivity index (χ1n) is 11.6. The Balaban J connectivity index is 0.000000247. The number of pyridine rings is 1. The first-order valence-corrected chi connectivity index (χ1v) is 11.6. The Kier molecular flexibility index (Phi) is 8.44. The Hall–Kier alpha value is -2.85. The molecule has 0 radical (unpaired) electrons. The molecule has 2 aliphatic rings. The summed E-state index contributed by atoms with van der Waals surface area (Å²) in [6.07, 6.45) is -1.21. The van der Waals surface area contributed by atoms with Crippen molar-refractivity contribution in [3.05, 3.63) is 29.1 Å². The van der Waals surface area contributed by atoms with Crippen molar-refractivity contribution in [3.8, 4) is 0 Å². The monoisotopic (exact) mass is 500 g/mol. The maximum Gasteiger partial charge on any atom is 0.433 e. The summed E-state index contributed by atoms with van der Waals surface area (Å²) >= 11 is 0. The molecule has 1 aromatic heterocycles. The molecule has 0 aromatic carbocycles. The summed E-state index contributed by atoms with van der Waals surface area (Å²) in [7, 11) is 0. The van der Waals surface area contributed by atoms with Crippen LogP contribution in [-0.4, -0.2) is 46.0 Å². The standard InChI is InChI=1S/C12H13F3N2O.C12H22N2O3/c1-11(5-2-6-11)9-7(10(16)18)3-4-8(17-9)12(13,14)15;1-8-7-9(10(13)15)5-6-14(8)11(16)17-12(2,3)4/h3-4H,2,5-6H2,1H3,(H2,16,18);8-9H,5-7H2,1-4H3,(H2,13,15). The Morgan fingerprint density at radius 1 is 1.14 bits per heavy atom. The lowest BCUT2D eigenvalue weighted by Gasteiger charge is -2.38. The minimum atomic E-state index is -4.51. The van der Waals surface area contributed by atoms with E-state index in [1.54, 1.807) is 4.90 Å². The smallest absolute Gasteiger partial charge is 0.433 e. The number of hydrogen-bond acceptors (Lipinski definition) is 5. The van der Waals surface area contributed by atoms with Crippen LogP contribution in [-0.2, 0) is 21.1 Å². The summed E-state index contributed by atoms with van der Waals surface area (Å²) < 4.78 is 43.2. The summed E-state index contributed by atoms with van der Waals surface area (Å²) in [4.78, 5) is 39.6. The first kappa shape index (κ1) is 28.4. The normalized spacial score (nSPS) is 21.8. The number of ether oxygens (including phenoxy) is 1. The Labute approximate surface area is 203 Å². The van der Waals surface area contributed by atoms with Crippen molar-refractivity contribution in [2.75, 3.05) is 6.54 Å². The maximum atomic E-state index is 12.6. The largest absolute Gasteiger partial charge is 0.444 e. The third-order valence-corrected chi connectivity index (χ3v) is 6.39. The molecule has 0 spiro atoms. The van der Waals surface area contributed by atoms with Crippen molar-refractivity contribution in [3.63, 3.8) is 0 Å². The molecule has 35 heavy (non-hydrogen) atoms. The fourth-order valence-corrected chi connectivity index (χ4v) is 4.24. The highest BCUT2D eigenvalue weighted by Gasteiger charge is 2.41. The predicted octanol–water partition coefficient (Wildman–Crippen LogP) is 4.15. The summed E-state index contributed by atoms with van der Waals surface area (Å²) in [6, 6.07) is 1.92. The molecule has 4 N–H and O–H groups in total. The third kappa shape index (κ3) is 7.32. The van der Waals surface area contributed by atoms with Crippen molar-refractivity contribution in [2.45, 2.75) is 90.0 Å². The Morgan fingerprint density at radius 3 is 2.14 bits per heavy atom. The molecule has 196 valence electrons. The highest BCUT2D eigenvalue weighted by molar-refractivity contribution is 5.94. The maximum absolute atomic E-state index is 12.6. The van der Waals surface area contributed by atoms with Crippen LogP contribution in [0, 0.1) is 5.92 Å². The number of halogens is 3. The summed E-state index contributed by atoms with van der Waals surface area (Å²) in [5.74, 6) is -1.14. The predicted molar refractivity (Wildman–Crippen MR) is 123 cm³/mol. The summed E-state index contributed by atoms with van der Waals surface area (Å²) in [5, 5.41) is 0. The van der Waals surface area contributed by atoms with E-state index in [9.17, 15) is 27.6 Å². The number of nitrogens with two attached hydrogens (primary N) is 2. The number of carbonyl (C=O) groups excluding carboxylic acids is 3. The molecule has 1 saturated heterocycles. The van der Waals surface area contributed by atoms with Gasteiger partial charge in [0, 0.05) is 23.9 Å². The minimum Gasteiger partial charge on any atom is -0.444 e. The average Bonchev–Trinajstić information content (AvgIpc) is 2.69. The molecule has 3 rings (SSSR count). The van der Waals surface area contributed by atoms with Gasteiger partial charge in [0.25, 0.3) is 5.91 Å². The molecule has 1 aromatic rings. The van der Waals surface area contributed by atoms with E-state index in [4.69, 9.17) is 16.2 Å². The topological polar surface area (TPSA) is 129 Å². The number of primary amides is 2. The molecule has 2 unspecified atom stereocenters. The van der Waals surface area contributed by atoms with Crippen LogP contribution in [0.2, 0.25) is 0 Å². The molecule has 2 atom stereocenters. The second kappa shape index (κ2) is 10.4. The molecule has 3 amide bonds. The van der Waals surface area contributed by atoms with Crippen molar-refractivity contribution in [1.82, 2.24) is 9.88 Å². The van der Waals surface area contributed by atoms with Crippen LogP contribution in [0.5, 0.6) is 0 Å². The van der Waals surface area contributed by atoms with Gasteiger partial charge in [-0.3, -0.25) is 9.59 Å². The number of carbonyl (C=O) groups is 3. The number of alkyl halides is 3. The summed E-state index contributed by atoms with van der Waals surface area (Å²) in [6.45, 7) is 9.78. The number of likely N-dealkylation sites (tertiary alicyclic amines) is 1. The van der Waals surface area contributed by atoms with Crippen molar-refractivity contribution in [1.29, 1.82) is 0 Å². The van der Waals surface area contributed by atoms with Gasteiger partial charge < -0.3 is 21.1 Å². The number of nitrogens with zero attached hydrogens (tertiary/aromatic N) is 2. The van der Waals surface area contributed by atoms with Crippen LogP contribution in [0.25, 0.3) is 0 Å². The molecular formula is C24H35F3N4O4. The lowest BCUT2D eigenvalue weighted by Crippen LogP contribution is -2.48. The van der Waals surface area contributed by atoms with Crippen molar-refractivity contribution in [2.24, 2.45) is 17.4 Å². The second-order valence-corrected chi connectivity index (χ2v) is 10.5. The first-order chi connectivity index (χ1) is 15.9. The van der Waals surface area contributed by atoms with E-state index >= 15 is 0 Å². The van der Waals surface area contributed by atoms with E-state index in [0.29, 0.717) is 19.4 Å². The van der Waals surface area contributed by atoms with E-state index in [0.717, 1.165) is 31.4 Å². The van der Waals surface area contributed by atoms with Crippen LogP contribution in [0.1, 0.15) is 88.5 Å². The van der Waals surface area contributed by atoms with Gasteiger partial charge in [-0.15, -0.1) is 0 Å². The van der Waals surface area contributed by atoms with Gasteiger partial charge in [-0.2, -0.15) is 13.2 Å². The molecule has 2 fully saturated rings. The second-order valence-electron chi connectivity index (χ2n) is 10.5. The van der Waals surface area contributed by atoms with E-state index in [-0.39, 0.29) is 35.2 Å². The van der Waals surface area contributed by atoms with Crippen molar-refractivity contribution < 1.29 is 32.3 Å². The van der Waals surface area contributed by atoms with Gasteiger partial charge in [0.1, 0.15) is 11.3 Å². The molecular weight excluding hydrogens is 465 g/mol. The highest BCUT2D eigenvalue weighted by atomic mass is 19.4. The van der Waals surface area contributed by atoms with E-state index in [2.05, 4.69) is 4.98 Å². The van der Waals surface area contributed by atoms with Gasteiger partial charge in [0.2, 0.25) is 5.91 Å². The zero-order valence-electron chi connectivity index (χ0n) is 20.9. The molecule has 2 heterocycles.